The minimum atomic E-state index is -0.832. The molecular formula is C10H16N4O3. The molecule has 0 aromatic carbocycles. The van der Waals surface area contributed by atoms with Crippen LogP contribution in [0.15, 0.2) is 0 Å². The quantitative estimate of drug-likeness (QED) is 0.460. The van der Waals surface area contributed by atoms with E-state index in [1.807, 2.05) is 19.4 Å². The number of urea groups is 1. The number of piperazine rings is 1. The van der Waals surface area contributed by atoms with Crippen LogP contribution >= 0.6 is 0 Å². The smallest absolute Gasteiger partial charge is 0.303 e. The van der Waals surface area contributed by atoms with Gasteiger partial charge in [0.05, 0.1) is 0 Å². The molecule has 0 saturated carbocycles. The van der Waals surface area contributed by atoms with Gasteiger partial charge in [0.25, 0.3) is 0 Å². The second-order valence-electron chi connectivity index (χ2n) is 4.57. The van der Waals surface area contributed by atoms with E-state index in [-0.39, 0.29) is 12.6 Å². The highest BCUT2D eigenvalue weighted by Gasteiger charge is 2.39. The lowest BCUT2D eigenvalue weighted by atomic mass is 10.2. The molecule has 0 aromatic rings. The number of carbonyl (C=O) groups excluding carboxylic acids is 3. The lowest BCUT2D eigenvalue weighted by Crippen LogP contribution is -2.55. The van der Waals surface area contributed by atoms with E-state index in [0.717, 1.165) is 24.5 Å². The maximum absolute atomic E-state index is 11.4. The van der Waals surface area contributed by atoms with E-state index in [1.54, 1.807) is 0 Å². The zero-order chi connectivity index (χ0) is 12.6. The number of hydrogen-bond donors (Lipinski definition) is 1. The Morgan fingerprint density at radius 1 is 1.24 bits per heavy atom. The van der Waals surface area contributed by atoms with Crippen LogP contribution in [0.25, 0.3) is 0 Å². The van der Waals surface area contributed by atoms with Crippen LogP contribution < -0.4 is 5.32 Å². The Morgan fingerprint density at radius 2 is 1.94 bits per heavy atom. The van der Waals surface area contributed by atoms with Crippen LogP contribution in [0.3, 0.4) is 0 Å². The molecule has 0 spiro atoms. The first-order valence-electron chi connectivity index (χ1n) is 5.54. The monoisotopic (exact) mass is 240 g/mol. The molecule has 94 valence electrons. The zero-order valence-electron chi connectivity index (χ0n) is 9.97. The molecule has 4 amide bonds. The molecule has 0 aromatic heterocycles. The van der Waals surface area contributed by atoms with Crippen molar-refractivity contribution >= 4 is 17.8 Å². The van der Waals surface area contributed by atoms with Crippen molar-refractivity contribution in [1.29, 1.82) is 0 Å². The van der Waals surface area contributed by atoms with Crippen molar-refractivity contribution < 1.29 is 14.4 Å². The third-order valence-corrected chi connectivity index (χ3v) is 3.28. The van der Waals surface area contributed by atoms with Crippen molar-refractivity contribution in [2.24, 2.45) is 0 Å². The molecule has 7 nitrogen and oxygen atoms in total. The number of carbonyl (C=O) groups is 3. The van der Waals surface area contributed by atoms with Gasteiger partial charge in [-0.25, -0.2) is 4.79 Å². The molecule has 2 heterocycles. The highest BCUT2D eigenvalue weighted by molar-refractivity contribution is 6.44. The fraction of sp³-hybridized carbons (Fsp3) is 0.700. The van der Waals surface area contributed by atoms with Crippen molar-refractivity contribution in [1.82, 2.24) is 20.0 Å². The van der Waals surface area contributed by atoms with Gasteiger partial charge in [-0.05, 0) is 14.1 Å². The van der Waals surface area contributed by atoms with Gasteiger partial charge in [0.15, 0.2) is 0 Å². The lowest BCUT2D eigenvalue weighted by Gasteiger charge is -2.38. The topological polar surface area (TPSA) is 73.0 Å². The molecular weight excluding hydrogens is 224 g/mol. The van der Waals surface area contributed by atoms with Crippen LogP contribution in [-0.4, -0.2) is 78.9 Å². The average molecular weight is 240 g/mol. The van der Waals surface area contributed by atoms with Crippen molar-refractivity contribution in [2.75, 3.05) is 40.3 Å². The van der Waals surface area contributed by atoms with Crippen LogP contribution in [0.4, 0.5) is 4.79 Å². The van der Waals surface area contributed by atoms with Crippen molar-refractivity contribution in [3.63, 3.8) is 0 Å². The summed E-state index contributed by atoms with van der Waals surface area (Å²) in [6.07, 6.45) is 0. The Labute approximate surface area is 99.3 Å². The molecule has 2 aliphatic heterocycles. The van der Waals surface area contributed by atoms with Gasteiger partial charge in [0.1, 0.15) is 0 Å². The van der Waals surface area contributed by atoms with Gasteiger partial charge < -0.3 is 4.90 Å². The van der Waals surface area contributed by atoms with Crippen molar-refractivity contribution in [2.45, 2.75) is 6.04 Å². The normalized spacial score (nSPS) is 27.8. The largest absolute Gasteiger partial charge is 0.331 e. The molecule has 0 radical (unpaired) electrons. The molecule has 2 fully saturated rings. The molecule has 2 saturated heterocycles. The number of likely N-dealkylation sites (N-methyl/N-ethyl adjacent to an activating group) is 2. The maximum atomic E-state index is 11.4. The molecule has 1 N–H and O–H groups in total. The Bertz CT molecular complexity index is 371. The van der Waals surface area contributed by atoms with Gasteiger partial charge in [-0.1, -0.05) is 0 Å². The highest BCUT2D eigenvalue weighted by Crippen LogP contribution is 2.10. The first-order valence-corrected chi connectivity index (χ1v) is 5.54. The molecule has 0 bridgehead atoms. The van der Waals surface area contributed by atoms with Crippen LogP contribution in [0, 0.1) is 0 Å². The van der Waals surface area contributed by atoms with Crippen molar-refractivity contribution in [3.05, 3.63) is 0 Å². The highest BCUT2D eigenvalue weighted by atomic mass is 16.2. The zero-order valence-corrected chi connectivity index (χ0v) is 9.97. The number of rotatable bonds is 2. The summed E-state index contributed by atoms with van der Waals surface area (Å²) in [5, 5.41) is 2.00. The average Bonchev–Trinajstić information content (AvgIpc) is 2.50. The summed E-state index contributed by atoms with van der Waals surface area (Å²) >= 11 is 0. The van der Waals surface area contributed by atoms with Crippen LogP contribution in [0.1, 0.15) is 0 Å². The minimum Gasteiger partial charge on any atom is -0.303 e. The summed E-state index contributed by atoms with van der Waals surface area (Å²) in [6.45, 7) is 2.89. The van der Waals surface area contributed by atoms with Gasteiger partial charge in [-0.2, -0.15) is 0 Å². The van der Waals surface area contributed by atoms with Crippen LogP contribution in [-0.2, 0) is 9.59 Å². The number of nitrogens with one attached hydrogen (secondary N) is 1. The molecule has 17 heavy (non-hydrogen) atoms. The Morgan fingerprint density at radius 3 is 2.53 bits per heavy atom. The van der Waals surface area contributed by atoms with E-state index < -0.39 is 17.8 Å². The lowest BCUT2D eigenvalue weighted by molar-refractivity contribution is -0.140. The summed E-state index contributed by atoms with van der Waals surface area (Å²) in [6, 6.07) is -0.532. The molecule has 0 aliphatic carbocycles. The Kier molecular flexibility index (Phi) is 3.12. The molecule has 2 aliphatic rings. The first-order chi connectivity index (χ1) is 7.99. The minimum absolute atomic E-state index is 0.0781. The second-order valence-corrected chi connectivity index (χ2v) is 4.57. The van der Waals surface area contributed by atoms with E-state index in [0.29, 0.717) is 0 Å². The van der Waals surface area contributed by atoms with Gasteiger partial charge >= 0.3 is 17.8 Å². The van der Waals surface area contributed by atoms with Gasteiger partial charge in [0, 0.05) is 32.2 Å². The Hall–Kier alpha value is -1.47. The summed E-state index contributed by atoms with van der Waals surface area (Å²) in [5.74, 6) is -1.58. The third-order valence-electron chi connectivity index (χ3n) is 3.28. The number of hydrogen-bond acceptors (Lipinski definition) is 5. The van der Waals surface area contributed by atoms with E-state index in [1.165, 1.54) is 0 Å². The predicted molar refractivity (Wildman–Crippen MR) is 59.2 cm³/mol. The summed E-state index contributed by atoms with van der Waals surface area (Å²) in [7, 11) is 3.95. The Balaban J connectivity index is 2.02. The van der Waals surface area contributed by atoms with E-state index in [4.69, 9.17) is 0 Å². The molecule has 2 rings (SSSR count). The van der Waals surface area contributed by atoms with Gasteiger partial charge in [0.2, 0.25) is 0 Å². The van der Waals surface area contributed by atoms with E-state index >= 15 is 0 Å². The summed E-state index contributed by atoms with van der Waals surface area (Å²) < 4.78 is 0. The van der Waals surface area contributed by atoms with Gasteiger partial charge in [-0.3, -0.25) is 24.7 Å². The van der Waals surface area contributed by atoms with Crippen molar-refractivity contribution in [3.8, 4) is 0 Å². The second kappa shape index (κ2) is 4.42. The van der Waals surface area contributed by atoms with Crippen LogP contribution in [0.5, 0.6) is 0 Å². The number of nitrogens with zero attached hydrogens (tertiary/aromatic N) is 3. The maximum Gasteiger partial charge on any atom is 0.331 e. The fourth-order valence-electron chi connectivity index (χ4n) is 2.11. The summed E-state index contributed by atoms with van der Waals surface area (Å²) in [4.78, 5) is 39.1. The predicted octanol–water partition coefficient (Wildman–Crippen LogP) is -1.69. The first kappa shape index (κ1) is 12.0. The molecule has 1 atom stereocenters. The SMILES string of the molecule is CN1CCN(C)C(CN2C(=O)NC(=O)C2=O)C1. The van der Waals surface area contributed by atoms with E-state index in [2.05, 4.69) is 9.80 Å². The summed E-state index contributed by atoms with van der Waals surface area (Å²) in [5.41, 5.74) is 0. The standard InChI is InChI=1S/C10H16N4O3/c1-12-3-4-13(2)7(5-12)6-14-9(16)8(15)11-10(14)17/h7H,3-6H2,1-2H3,(H,11,15,17). The molecule has 7 heteroatoms. The number of amides is 4. The number of imide groups is 2. The van der Waals surface area contributed by atoms with Crippen LogP contribution in [0.2, 0.25) is 0 Å². The molecule has 1 unspecified atom stereocenters. The third kappa shape index (κ3) is 2.29. The van der Waals surface area contributed by atoms with Gasteiger partial charge in [-0.15, -0.1) is 0 Å². The fourth-order valence-corrected chi connectivity index (χ4v) is 2.11. The van der Waals surface area contributed by atoms with E-state index in [9.17, 15) is 14.4 Å².